The second kappa shape index (κ2) is 8.12. The quantitative estimate of drug-likeness (QED) is 0.811. The number of carbonyl (C=O) groups is 2. The Labute approximate surface area is 151 Å². The molecule has 132 valence electrons. The van der Waals surface area contributed by atoms with Gasteiger partial charge >= 0.3 is 6.03 Å². The molecule has 1 fully saturated rings. The molecule has 0 aliphatic carbocycles. The molecule has 0 spiro atoms. The van der Waals surface area contributed by atoms with Crippen molar-refractivity contribution in [3.8, 4) is 6.07 Å². The largest absolute Gasteiger partial charge is 0.337 e. The van der Waals surface area contributed by atoms with Gasteiger partial charge in [0.15, 0.2) is 0 Å². The normalized spacial score (nSPS) is 16.2. The van der Waals surface area contributed by atoms with Crippen LogP contribution in [0.5, 0.6) is 0 Å². The van der Waals surface area contributed by atoms with Gasteiger partial charge in [0.05, 0.1) is 12.5 Å². The number of hydrogen-bond acceptors (Lipinski definition) is 4. The molecule has 1 saturated heterocycles. The third-order valence-corrected chi connectivity index (χ3v) is 4.22. The van der Waals surface area contributed by atoms with Crippen LogP contribution in [-0.4, -0.2) is 30.0 Å². The Morgan fingerprint density at radius 2 is 2.12 bits per heavy atom. The van der Waals surface area contributed by atoms with Crippen molar-refractivity contribution in [2.45, 2.75) is 18.8 Å². The third kappa shape index (κ3) is 4.16. The molecule has 0 radical (unpaired) electrons. The zero-order valence-corrected chi connectivity index (χ0v) is 14.2. The summed E-state index contributed by atoms with van der Waals surface area (Å²) >= 11 is 0. The number of amides is 3. The van der Waals surface area contributed by atoms with Crippen molar-refractivity contribution in [1.29, 1.82) is 5.26 Å². The number of hydrogen-bond donors (Lipinski definition) is 2. The lowest BCUT2D eigenvalue weighted by atomic mass is 9.99. The number of nitrogens with one attached hydrogen (secondary N) is 2. The van der Waals surface area contributed by atoms with Gasteiger partial charge in [-0.25, -0.2) is 9.78 Å². The van der Waals surface area contributed by atoms with E-state index in [1.54, 1.807) is 23.2 Å². The smallest absolute Gasteiger partial charge is 0.320 e. The predicted molar refractivity (Wildman–Crippen MR) is 97.6 cm³/mol. The summed E-state index contributed by atoms with van der Waals surface area (Å²) in [4.78, 5) is 30.0. The van der Waals surface area contributed by atoms with Gasteiger partial charge in [-0.05, 0) is 11.6 Å². The van der Waals surface area contributed by atoms with Crippen molar-refractivity contribution in [3.05, 3.63) is 54.2 Å². The van der Waals surface area contributed by atoms with Gasteiger partial charge in [0, 0.05) is 43.4 Å². The van der Waals surface area contributed by atoms with Crippen LogP contribution in [0.3, 0.4) is 0 Å². The summed E-state index contributed by atoms with van der Waals surface area (Å²) < 4.78 is 0. The minimum Gasteiger partial charge on any atom is -0.337 e. The van der Waals surface area contributed by atoms with E-state index in [0.717, 1.165) is 5.56 Å². The number of nitrogens with zero attached hydrogens (tertiary/aromatic N) is 3. The Morgan fingerprint density at radius 3 is 2.88 bits per heavy atom. The van der Waals surface area contributed by atoms with Crippen LogP contribution in [0.25, 0.3) is 0 Å². The van der Waals surface area contributed by atoms with E-state index in [1.165, 1.54) is 0 Å². The molecule has 1 aliphatic heterocycles. The molecule has 0 bridgehead atoms. The lowest BCUT2D eigenvalue weighted by Crippen LogP contribution is -2.30. The van der Waals surface area contributed by atoms with Crippen LogP contribution in [0.4, 0.5) is 16.3 Å². The fourth-order valence-corrected chi connectivity index (χ4v) is 2.95. The molecule has 2 aromatic rings. The zero-order valence-electron chi connectivity index (χ0n) is 14.2. The van der Waals surface area contributed by atoms with Gasteiger partial charge in [0.25, 0.3) is 0 Å². The topological polar surface area (TPSA) is 98.1 Å². The highest BCUT2D eigenvalue weighted by molar-refractivity contribution is 5.97. The lowest BCUT2D eigenvalue weighted by Gasteiger charge is -2.17. The fraction of sp³-hybridized carbons (Fsp3) is 0.263. The number of urea groups is 1. The van der Waals surface area contributed by atoms with Crippen molar-refractivity contribution in [2.75, 3.05) is 23.3 Å². The van der Waals surface area contributed by atoms with E-state index in [4.69, 9.17) is 5.26 Å². The van der Waals surface area contributed by atoms with Gasteiger partial charge in [-0.2, -0.15) is 5.26 Å². The number of carbonyl (C=O) groups excluding carboxylic acids is 2. The van der Waals surface area contributed by atoms with E-state index in [2.05, 4.69) is 15.6 Å². The minimum absolute atomic E-state index is 0.0504. The van der Waals surface area contributed by atoms with Gasteiger partial charge < -0.3 is 10.2 Å². The van der Waals surface area contributed by atoms with Crippen LogP contribution < -0.4 is 15.5 Å². The maximum Gasteiger partial charge on any atom is 0.320 e. The van der Waals surface area contributed by atoms with Crippen LogP contribution in [-0.2, 0) is 4.79 Å². The molecule has 1 aliphatic rings. The van der Waals surface area contributed by atoms with Crippen LogP contribution in [0.15, 0.2) is 48.7 Å². The lowest BCUT2D eigenvalue weighted by molar-refractivity contribution is -0.117. The van der Waals surface area contributed by atoms with E-state index in [-0.39, 0.29) is 24.8 Å². The van der Waals surface area contributed by atoms with Crippen LogP contribution >= 0.6 is 0 Å². The summed E-state index contributed by atoms with van der Waals surface area (Å²) in [6.45, 7) is 0.867. The van der Waals surface area contributed by atoms with Crippen LogP contribution in [0.1, 0.15) is 24.3 Å². The summed E-state index contributed by atoms with van der Waals surface area (Å²) in [6.07, 6.45) is 2.26. The standard InChI is InChI=1S/C19H19N5O2/c20-8-4-9-22-19(26)23-17-12-16(7-10-21-17)24-13-15(11-18(24)25)14-5-2-1-3-6-14/h1-3,5-7,10,12,15H,4,9,11,13H2,(H2,21,22,23,26)/t15-/m1/s1. The van der Waals surface area contributed by atoms with Gasteiger partial charge in [0.1, 0.15) is 5.82 Å². The van der Waals surface area contributed by atoms with Crippen LogP contribution in [0, 0.1) is 11.3 Å². The Morgan fingerprint density at radius 1 is 1.31 bits per heavy atom. The number of pyridine rings is 1. The molecule has 2 heterocycles. The molecule has 0 saturated carbocycles. The number of anilines is 2. The first-order chi connectivity index (χ1) is 12.7. The third-order valence-electron chi connectivity index (χ3n) is 4.22. The molecule has 7 nitrogen and oxygen atoms in total. The molecule has 3 rings (SSSR count). The second-order valence-corrected chi connectivity index (χ2v) is 6.00. The van der Waals surface area contributed by atoms with Crippen molar-refractivity contribution in [1.82, 2.24) is 10.3 Å². The minimum atomic E-state index is -0.431. The monoisotopic (exact) mass is 349 g/mol. The van der Waals surface area contributed by atoms with Gasteiger partial charge in [-0.15, -0.1) is 0 Å². The van der Waals surface area contributed by atoms with Crippen molar-refractivity contribution in [3.63, 3.8) is 0 Å². The molecule has 1 aromatic heterocycles. The highest BCUT2D eigenvalue weighted by Crippen LogP contribution is 2.32. The molecular formula is C19H19N5O2. The predicted octanol–water partition coefficient (Wildman–Crippen LogP) is 2.64. The summed E-state index contributed by atoms with van der Waals surface area (Å²) in [5, 5.41) is 13.7. The summed E-state index contributed by atoms with van der Waals surface area (Å²) in [7, 11) is 0. The SMILES string of the molecule is N#CCCNC(=O)Nc1cc(N2C[C@H](c3ccccc3)CC2=O)ccn1. The van der Waals surface area contributed by atoms with Gasteiger partial charge in [-0.3, -0.25) is 10.1 Å². The number of rotatable bonds is 5. The molecule has 0 unspecified atom stereocenters. The van der Waals surface area contributed by atoms with E-state index in [9.17, 15) is 9.59 Å². The van der Waals surface area contributed by atoms with E-state index < -0.39 is 6.03 Å². The highest BCUT2D eigenvalue weighted by Gasteiger charge is 2.31. The number of aromatic nitrogens is 1. The number of nitriles is 1. The Bertz CT molecular complexity index is 831. The Balaban J connectivity index is 1.67. The molecular weight excluding hydrogens is 330 g/mol. The average molecular weight is 349 g/mol. The van der Waals surface area contributed by atoms with Crippen molar-refractivity contribution >= 4 is 23.4 Å². The first-order valence-electron chi connectivity index (χ1n) is 8.40. The molecule has 1 atom stereocenters. The first-order valence-corrected chi connectivity index (χ1v) is 8.40. The Hall–Kier alpha value is -3.40. The molecule has 26 heavy (non-hydrogen) atoms. The van der Waals surface area contributed by atoms with Crippen molar-refractivity contribution < 1.29 is 9.59 Å². The second-order valence-electron chi connectivity index (χ2n) is 6.00. The Kier molecular flexibility index (Phi) is 5.44. The molecule has 1 aromatic carbocycles. The number of benzene rings is 1. The van der Waals surface area contributed by atoms with Gasteiger partial charge in [-0.1, -0.05) is 30.3 Å². The maximum atomic E-state index is 12.4. The van der Waals surface area contributed by atoms with E-state index >= 15 is 0 Å². The van der Waals surface area contributed by atoms with Crippen molar-refractivity contribution in [2.24, 2.45) is 0 Å². The fourth-order valence-electron chi connectivity index (χ4n) is 2.95. The zero-order chi connectivity index (χ0) is 18.4. The highest BCUT2D eigenvalue weighted by atomic mass is 16.2. The van der Waals surface area contributed by atoms with E-state index in [1.807, 2.05) is 36.4 Å². The summed E-state index contributed by atoms with van der Waals surface area (Å²) in [6, 6.07) is 14.9. The molecule has 2 N–H and O–H groups in total. The molecule has 3 amide bonds. The molecule has 7 heteroatoms. The summed E-state index contributed by atoms with van der Waals surface area (Å²) in [5.41, 5.74) is 1.85. The maximum absolute atomic E-state index is 12.4. The van der Waals surface area contributed by atoms with E-state index in [0.29, 0.717) is 24.5 Å². The average Bonchev–Trinajstić information content (AvgIpc) is 3.05. The van der Waals surface area contributed by atoms with Crippen LogP contribution in [0.2, 0.25) is 0 Å². The summed E-state index contributed by atoms with van der Waals surface area (Å²) in [5.74, 6) is 0.560. The van der Waals surface area contributed by atoms with Gasteiger partial charge in [0.2, 0.25) is 5.91 Å². The first kappa shape index (κ1) is 17.4.